The summed E-state index contributed by atoms with van der Waals surface area (Å²) in [6.45, 7) is 5.31. The van der Waals surface area contributed by atoms with Crippen LogP contribution in [0.3, 0.4) is 0 Å². The molecule has 0 spiro atoms. The molecule has 8 aromatic rings. The average molecular weight is 652 g/mol. The number of sulfone groups is 1. The number of allylic oxidation sites excluding steroid dienone is 4. The molecule has 0 aliphatic carbocycles. The van der Waals surface area contributed by atoms with Gasteiger partial charge in [-0.2, -0.15) is 5.26 Å². The number of nitrogens with zero attached hydrogens (tertiary/aromatic N) is 3. The summed E-state index contributed by atoms with van der Waals surface area (Å²) in [7, 11) is -3.83. The van der Waals surface area contributed by atoms with E-state index in [1.807, 2.05) is 18.2 Å². The maximum Gasteiger partial charge on any atom is 0.206 e. The van der Waals surface area contributed by atoms with Gasteiger partial charge in [-0.1, -0.05) is 79.4 Å². The van der Waals surface area contributed by atoms with Crippen molar-refractivity contribution in [2.24, 2.45) is 0 Å². The van der Waals surface area contributed by atoms with Crippen molar-refractivity contribution in [3.8, 4) is 17.4 Å². The van der Waals surface area contributed by atoms with Gasteiger partial charge in [-0.15, -0.1) is 0 Å². The van der Waals surface area contributed by atoms with E-state index < -0.39 is 9.84 Å². The van der Waals surface area contributed by atoms with E-state index in [-0.39, 0.29) is 15.4 Å². The molecule has 0 bridgehead atoms. The first-order chi connectivity index (χ1) is 23.9. The molecule has 5 nitrogen and oxygen atoms in total. The lowest BCUT2D eigenvalue weighted by Crippen LogP contribution is -2.04. The second kappa shape index (κ2) is 10.7. The Bertz CT molecular complexity index is 2950. The lowest BCUT2D eigenvalue weighted by Gasteiger charge is -2.19. The number of fused-ring (bicyclic) bond motifs is 7. The van der Waals surface area contributed by atoms with Crippen molar-refractivity contribution in [2.45, 2.75) is 18.2 Å². The third-order valence-electron chi connectivity index (χ3n) is 9.87. The van der Waals surface area contributed by atoms with Gasteiger partial charge in [0, 0.05) is 44.9 Å². The van der Waals surface area contributed by atoms with Crippen LogP contribution in [0.2, 0.25) is 0 Å². The molecule has 0 saturated heterocycles. The predicted molar refractivity (Wildman–Crippen MR) is 200 cm³/mol. The van der Waals surface area contributed by atoms with Crippen LogP contribution < -0.4 is 0 Å². The normalized spacial score (nSPS) is 13.2. The van der Waals surface area contributed by atoms with Gasteiger partial charge in [-0.25, -0.2) is 8.42 Å². The first-order valence-electron chi connectivity index (χ1n) is 16.2. The van der Waals surface area contributed by atoms with Crippen LogP contribution in [0.15, 0.2) is 155 Å². The zero-order valence-electron chi connectivity index (χ0n) is 26.7. The maximum atomic E-state index is 13.7. The van der Waals surface area contributed by atoms with Gasteiger partial charge in [-0.3, -0.25) is 0 Å². The van der Waals surface area contributed by atoms with Crippen molar-refractivity contribution in [3.63, 3.8) is 0 Å². The van der Waals surface area contributed by atoms with Crippen molar-refractivity contribution < 1.29 is 8.42 Å². The number of hydrogen-bond donors (Lipinski definition) is 0. The van der Waals surface area contributed by atoms with Gasteiger partial charge in [0.2, 0.25) is 9.84 Å². The Kier molecular flexibility index (Phi) is 6.32. The highest BCUT2D eigenvalue weighted by Crippen LogP contribution is 2.47. The molecule has 0 atom stereocenters. The second-order valence-electron chi connectivity index (χ2n) is 12.5. The zero-order chi connectivity index (χ0) is 33.4. The van der Waals surface area contributed by atoms with Gasteiger partial charge in [0.1, 0.15) is 0 Å². The summed E-state index contributed by atoms with van der Waals surface area (Å²) in [6.07, 6.45) is 5.16. The fraction of sp³-hybridized carbons (Fsp3) is 0.0465. The standard InChI is InChI=1S/C43H29N3O2S/c1-3-31(19-16-27(2)26-44)49(47,48)32-20-17-30(18-21-32)45-39-23-22-35-34-13-7-9-15-38(34)46-37-14-8-5-11-29(37)24-36-33-12-6-4-10-28(33)25-40(45)41(36)42(39)43(35)46/h3-23,25H,2,24H2,1H3/b19-16-,31-3+. The van der Waals surface area contributed by atoms with Crippen LogP contribution in [0.1, 0.15) is 18.1 Å². The third-order valence-corrected chi connectivity index (χ3v) is 11.8. The Morgan fingerprint density at radius 1 is 0.755 bits per heavy atom. The molecular weight excluding hydrogens is 623 g/mol. The number of nitriles is 1. The molecule has 3 heterocycles. The van der Waals surface area contributed by atoms with E-state index in [9.17, 15) is 8.42 Å². The highest BCUT2D eigenvalue weighted by Gasteiger charge is 2.27. The molecule has 1 aliphatic rings. The van der Waals surface area contributed by atoms with Gasteiger partial charge >= 0.3 is 0 Å². The molecule has 0 radical (unpaired) electrons. The molecule has 2 aromatic heterocycles. The molecule has 6 aromatic carbocycles. The van der Waals surface area contributed by atoms with Crippen LogP contribution in [0.4, 0.5) is 0 Å². The topological polar surface area (TPSA) is 67.8 Å². The van der Waals surface area contributed by atoms with E-state index in [2.05, 4.69) is 107 Å². The summed E-state index contributed by atoms with van der Waals surface area (Å²) in [5.41, 5.74) is 9.27. The minimum atomic E-state index is -3.83. The van der Waals surface area contributed by atoms with Gasteiger partial charge in [-0.05, 0) is 89.5 Å². The van der Waals surface area contributed by atoms with Crippen LogP contribution in [-0.4, -0.2) is 17.6 Å². The van der Waals surface area contributed by atoms with Crippen molar-refractivity contribution in [2.75, 3.05) is 0 Å². The quantitative estimate of drug-likeness (QED) is 0.137. The van der Waals surface area contributed by atoms with Gasteiger partial charge in [0.25, 0.3) is 0 Å². The van der Waals surface area contributed by atoms with Gasteiger partial charge < -0.3 is 9.13 Å². The Balaban J connectivity index is 1.38. The van der Waals surface area contributed by atoms with Crippen molar-refractivity contribution in [3.05, 3.63) is 162 Å². The van der Waals surface area contributed by atoms with E-state index in [0.29, 0.717) is 0 Å². The number of hydrogen-bond acceptors (Lipinski definition) is 3. The van der Waals surface area contributed by atoms with E-state index in [4.69, 9.17) is 5.26 Å². The summed E-state index contributed by atoms with van der Waals surface area (Å²) in [6, 6.07) is 41.7. The summed E-state index contributed by atoms with van der Waals surface area (Å²) >= 11 is 0. The van der Waals surface area contributed by atoms with Crippen molar-refractivity contribution >= 4 is 64.2 Å². The molecule has 0 fully saturated rings. The second-order valence-corrected chi connectivity index (χ2v) is 14.4. The molecule has 0 saturated carbocycles. The highest BCUT2D eigenvalue weighted by atomic mass is 32.2. The molecule has 234 valence electrons. The number of benzene rings is 6. The third kappa shape index (κ3) is 4.13. The van der Waals surface area contributed by atoms with Crippen LogP contribution in [0.25, 0.3) is 65.8 Å². The van der Waals surface area contributed by atoms with E-state index >= 15 is 0 Å². The minimum absolute atomic E-state index is 0.109. The van der Waals surface area contributed by atoms with Crippen LogP contribution >= 0.6 is 0 Å². The first-order valence-corrected chi connectivity index (χ1v) is 17.7. The lowest BCUT2D eigenvalue weighted by atomic mass is 9.91. The number of aromatic nitrogens is 2. The van der Waals surface area contributed by atoms with Crippen molar-refractivity contribution in [1.29, 1.82) is 5.26 Å². The maximum absolute atomic E-state index is 13.7. The number of para-hydroxylation sites is 2. The fourth-order valence-electron chi connectivity index (χ4n) is 7.72. The van der Waals surface area contributed by atoms with E-state index in [0.717, 1.165) is 28.5 Å². The van der Waals surface area contributed by atoms with Crippen LogP contribution in [0, 0.1) is 11.3 Å². The smallest absolute Gasteiger partial charge is 0.206 e. The first kappa shape index (κ1) is 29.0. The van der Waals surface area contributed by atoms with Gasteiger partial charge in [0.15, 0.2) is 0 Å². The Hall–Kier alpha value is -6.16. The number of rotatable bonds is 5. The zero-order valence-corrected chi connectivity index (χ0v) is 27.5. The summed E-state index contributed by atoms with van der Waals surface area (Å²) in [4.78, 5) is 0.289. The Morgan fingerprint density at radius 2 is 1.49 bits per heavy atom. The van der Waals surface area contributed by atoms with Crippen molar-refractivity contribution in [1.82, 2.24) is 9.13 Å². The van der Waals surface area contributed by atoms with E-state index in [1.165, 1.54) is 73.0 Å². The molecule has 1 aliphatic heterocycles. The Labute approximate surface area is 283 Å². The molecule has 0 amide bonds. The monoisotopic (exact) mass is 651 g/mol. The molecule has 0 unspecified atom stereocenters. The van der Waals surface area contributed by atoms with Gasteiger partial charge in [0.05, 0.1) is 37.9 Å². The summed E-state index contributed by atoms with van der Waals surface area (Å²) < 4.78 is 32.0. The Morgan fingerprint density at radius 3 is 2.29 bits per heavy atom. The minimum Gasteiger partial charge on any atom is -0.309 e. The molecule has 49 heavy (non-hydrogen) atoms. The lowest BCUT2D eigenvalue weighted by molar-refractivity contribution is 0.603. The molecule has 0 N–H and O–H groups in total. The SMILES string of the molecule is C=C(C#N)/C=C\C(=C/C)S(=O)(=O)c1ccc(-n2c3cc4ccccc4c4c3c3c2ccc2c5ccccc5n(c23)-c2ccccc2C4)cc1. The summed E-state index contributed by atoms with van der Waals surface area (Å²) in [5.74, 6) is 0. The van der Waals surface area contributed by atoms with Crippen LogP contribution in [-0.2, 0) is 16.3 Å². The average Bonchev–Trinajstić information content (AvgIpc) is 3.63. The van der Waals surface area contributed by atoms with E-state index in [1.54, 1.807) is 19.1 Å². The molecule has 6 heteroatoms. The molecule has 9 rings (SSSR count). The summed E-state index contributed by atoms with van der Waals surface area (Å²) in [5, 5.41) is 16.3. The molecular formula is C43H29N3O2S. The highest BCUT2D eigenvalue weighted by molar-refractivity contribution is 7.95. The predicted octanol–water partition coefficient (Wildman–Crippen LogP) is 10.3. The fourth-order valence-corrected chi connectivity index (χ4v) is 9.05. The largest absolute Gasteiger partial charge is 0.309 e. The van der Waals surface area contributed by atoms with Crippen LogP contribution in [0.5, 0.6) is 0 Å².